The summed E-state index contributed by atoms with van der Waals surface area (Å²) < 4.78 is 0. The van der Waals surface area contributed by atoms with E-state index in [9.17, 15) is 4.79 Å². The Morgan fingerprint density at radius 2 is 2.29 bits per heavy atom. The van der Waals surface area contributed by atoms with E-state index in [-0.39, 0.29) is 12.5 Å². The molecule has 0 unspecified atom stereocenters. The first-order valence-corrected chi connectivity index (χ1v) is 5.39. The molecule has 0 bridgehead atoms. The van der Waals surface area contributed by atoms with Crippen LogP contribution in [0, 0.1) is 0 Å². The third-order valence-corrected chi connectivity index (χ3v) is 2.47. The molecule has 0 radical (unpaired) electrons. The van der Waals surface area contributed by atoms with Crippen LogP contribution in [-0.4, -0.2) is 48.2 Å². The van der Waals surface area contributed by atoms with Crippen molar-refractivity contribution in [3.63, 3.8) is 0 Å². The molecule has 82 valence electrons. The molecule has 0 atom stereocenters. The number of likely N-dealkylation sites (N-methyl/N-ethyl adjacent to an activating group) is 1. The number of carbonyl (C=O) groups is 1. The minimum absolute atomic E-state index is 0.0761. The van der Waals surface area contributed by atoms with Crippen molar-refractivity contribution in [3.8, 4) is 0 Å². The van der Waals surface area contributed by atoms with Crippen molar-refractivity contribution < 1.29 is 9.90 Å². The summed E-state index contributed by atoms with van der Waals surface area (Å²) in [4.78, 5) is 13.6. The number of aliphatic hydroxyl groups excluding tert-OH is 1. The predicted octanol–water partition coefficient (Wildman–Crippen LogP) is -0.0307. The summed E-state index contributed by atoms with van der Waals surface area (Å²) in [5.74, 6) is 0.0761. The molecule has 0 spiro atoms. The van der Waals surface area contributed by atoms with Gasteiger partial charge in [-0.3, -0.25) is 9.69 Å². The van der Waals surface area contributed by atoms with Crippen LogP contribution >= 0.6 is 0 Å². The van der Waals surface area contributed by atoms with Gasteiger partial charge in [0.25, 0.3) is 0 Å². The van der Waals surface area contributed by atoms with Gasteiger partial charge in [0.05, 0.1) is 6.54 Å². The fourth-order valence-corrected chi connectivity index (χ4v) is 1.49. The molecule has 2 N–H and O–H groups in total. The van der Waals surface area contributed by atoms with Crippen molar-refractivity contribution in [3.05, 3.63) is 0 Å². The van der Waals surface area contributed by atoms with Crippen LogP contribution in [0.15, 0.2) is 0 Å². The Morgan fingerprint density at radius 1 is 1.57 bits per heavy atom. The van der Waals surface area contributed by atoms with Crippen LogP contribution < -0.4 is 5.32 Å². The van der Waals surface area contributed by atoms with Crippen molar-refractivity contribution in [2.75, 3.05) is 26.2 Å². The van der Waals surface area contributed by atoms with E-state index in [1.807, 2.05) is 0 Å². The Bertz CT molecular complexity index is 181. The van der Waals surface area contributed by atoms with Gasteiger partial charge < -0.3 is 10.4 Å². The molecule has 1 amide bonds. The number of amides is 1. The summed E-state index contributed by atoms with van der Waals surface area (Å²) in [6.07, 6.45) is 3.11. The molecular weight excluding hydrogens is 180 g/mol. The monoisotopic (exact) mass is 200 g/mol. The lowest BCUT2D eigenvalue weighted by Gasteiger charge is -2.18. The van der Waals surface area contributed by atoms with Gasteiger partial charge in [-0.15, -0.1) is 0 Å². The molecule has 0 aromatic rings. The van der Waals surface area contributed by atoms with Gasteiger partial charge in [0.15, 0.2) is 0 Å². The Morgan fingerprint density at radius 3 is 2.79 bits per heavy atom. The second kappa shape index (κ2) is 5.98. The number of hydrogen-bond donors (Lipinski definition) is 2. The number of aliphatic hydroxyl groups is 1. The van der Waals surface area contributed by atoms with Gasteiger partial charge in [0, 0.05) is 19.2 Å². The fourth-order valence-electron chi connectivity index (χ4n) is 1.49. The van der Waals surface area contributed by atoms with Gasteiger partial charge >= 0.3 is 0 Å². The van der Waals surface area contributed by atoms with Crippen LogP contribution in [0.5, 0.6) is 0 Å². The second-order valence-corrected chi connectivity index (χ2v) is 3.72. The van der Waals surface area contributed by atoms with E-state index in [1.54, 1.807) is 0 Å². The molecule has 0 aromatic carbocycles. The molecule has 1 saturated carbocycles. The lowest BCUT2D eigenvalue weighted by Crippen LogP contribution is -2.38. The summed E-state index contributed by atoms with van der Waals surface area (Å²) in [5, 5.41) is 11.3. The van der Waals surface area contributed by atoms with Gasteiger partial charge in [0.1, 0.15) is 0 Å². The van der Waals surface area contributed by atoms with Crippen molar-refractivity contribution in [1.29, 1.82) is 0 Å². The smallest absolute Gasteiger partial charge is 0.234 e. The minimum Gasteiger partial charge on any atom is -0.396 e. The van der Waals surface area contributed by atoms with E-state index in [2.05, 4.69) is 17.1 Å². The first-order chi connectivity index (χ1) is 6.77. The Kier molecular flexibility index (Phi) is 4.90. The minimum atomic E-state index is 0.0761. The van der Waals surface area contributed by atoms with Crippen LogP contribution in [0.1, 0.15) is 26.2 Å². The van der Waals surface area contributed by atoms with Crippen molar-refractivity contribution in [2.45, 2.75) is 32.2 Å². The number of carbonyl (C=O) groups excluding carboxylic acids is 1. The SMILES string of the molecule is CCN(CC(=O)NCCCO)C1CC1. The highest BCUT2D eigenvalue weighted by molar-refractivity contribution is 5.78. The lowest BCUT2D eigenvalue weighted by molar-refractivity contribution is -0.122. The lowest BCUT2D eigenvalue weighted by atomic mass is 10.4. The molecule has 4 heteroatoms. The maximum atomic E-state index is 11.4. The van der Waals surface area contributed by atoms with Crippen LogP contribution in [0.3, 0.4) is 0 Å². The Hall–Kier alpha value is -0.610. The highest BCUT2D eigenvalue weighted by Gasteiger charge is 2.28. The van der Waals surface area contributed by atoms with Crippen LogP contribution in [-0.2, 0) is 4.79 Å². The van der Waals surface area contributed by atoms with E-state index in [1.165, 1.54) is 12.8 Å². The van der Waals surface area contributed by atoms with Gasteiger partial charge in [-0.25, -0.2) is 0 Å². The molecule has 0 aromatic heterocycles. The zero-order valence-electron chi connectivity index (χ0n) is 8.83. The second-order valence-electron chi connectivity index (χ2n) is 3.72. The molecule has 4 nitrogen and oxygen atoms in total. The Balaban J connectivity index is 2.11. The first-order valence-electron chi connectivity index (χ1n) is 5.39. The molecule has 14 heavy (non-hydrogen) atoms. The van der Waals surface area contributed by atoms with E-state index < -0.39 is 0 Å². The van der Waals surface area contributed by atoms with E-state index >= 15 is 0 Å². The summed E-state index contributed by atoms with van der Waals surface area (Å²) in [7, 11) is 0. The summed E-state index contributed by atoms with van der Waals surface area (Å²) in [6.45, 7) is 4.25. The molecule has 1 fully saturated rings. The summed E-state index contributed by atoms with van der Waals surface area (Å²) >= 11 is 0. The zero-order chi connectivity index (χ0) is 10.4. The van der Waals surface area contributed by atoms with Crippen LogP contribution in [0.4, 0.5) is 0 Å². The van der Waals surface area contributed by atoms with E-state index in [0.29, 0.717) is 25.6 Å². The molecule has 0 aliphatic heterocycles. The average Bonchev–Trinajstić information content (AvgIpc) is 2.98. The van der Waals surface area contributed by atoms with Crippen molar-refractivity contribution in [1.82, 2.24) is 10.2 Å². The summed E-state index contributed by atoms with van der Waals surface area (Å²) in [6, 6.07) is 0.642. The first kappa shape index (κ1) is 11.5. The number of nitrogens with zero attached hydrogens (tertiary/aromatic N) is 1. The van der Waals surface area contributed by atoms with Crippen molar-refractivity contribution in [2.24, 2.45) is 0 Å². The highest BCUT2D eigenvalue weighted by atomic mass is 16.3. The number of hydrogen-bond acceptors (Lipinski definition) is 3. The van der Waals surface area contributed by atoms with Crippen LogP contribution in [0.25, 0.3) is 0 Å². The Labute approximate surface area is 85.3 Å². The van der Waals surface area contributed by atoms with Gasteiger partial charge in [-0.05, 0) is 25.8 Å². The van der Waals surface area contributed by atoms with Crippen molar-refractivity contribution >= 4 is 5.91 Å². The fraction of sp³-hybridized carbons (Fsp3) is 0.900. The van der Waals surface area contributed by atoms with E-state index in [0.717, 1.165) is 6.54 Å². The zero-order valence-corrected chi connectivity index (χ0v) is 8.83. The largest absolute Gasteiger partial charge is 0.396 e. The molecule has 1 aliphatic carbocycles. The summed E-state index contributed by atoms with van der Waals surface area (Å²) in [5.41, 5.74) is 0. The van der Waals surface area contributed by atoms with Gasteiger partial charge in [0.2, 0.25) is 5.91 Å². The topological polar surface area (TPSA) is 52.6 Å². The normalized spacial score (nSPS) is 15.9. The predicted molar refractivity (Wildman–Crippen MR) is 55.0 cm³/mol. The number of nitrogens with one attached hydrogen (secondary N) is 1. The molecule has 1 rings (SSSR count). The standard InChI is InChI=1S/C10H20N2O2/c1-2-12(9-4-5-9)8-10(14)11-6-3-7-13/h9,13H,2-8H2,1H3,(H,11,14). The molecule has 0 heterocycles. The average molecular weight is 200 g/mol. The van der Waals surface area contributed by atoms with Gasteiger partial charge in [-0.2, -0.15) is 0 Å². The molecular formula is C10H20N2O2. The van der Waals surface area contributed by atoms with Gasteiger partial charge in [-0.1, -0.05) is 6.92 Å². The third kappa shape index (κ3) is 4.07. The quantitative estimate of drug-likeness (QED) is 0.567. The third-order valence-electron chi connectivity index (χ3n) is 2.47. The maximum Gasteiger partial charge on any atom is 0.234 e. The van der Waals surface area contributed by atoms with Crippen LogP contribution in [0.2, 0.25) is 0 Å². The van der Waals surface area contributed by atoms with E-state index in [4.69, 9.17) is 5.11 Å². The maximum absolute atomic E-state index is 11.4. The number of rotatable bonds is 7. The molecule has 1 aliphatic rings. The highest BCUT2D eigenvalue weighted by Crippen LogP contribution is 2.25. The molecule has 0 saturated heterocycles.